The minimum Gasteiger partial charge on any atom is -0.490 e. The Hall–Kier alpha value is -1.21. The average molecular weight is 219 g/mol. The Morgan fingerprint density at radius 1 is 1.33 bits per heavy atom. The topological polar surface area (TPSA) is 9.23 Å². The van der Waals surface area contributed by atoms with Crippen molar-refractivity contribution >= 4 is 22.4 Å². The molecule has 0 aliphatic rings. The third kappa shape index (κ3) is 2.24. The third-order valence-electron chi connectivity index (χ3n) is 2.02. The van der Waals surface area contributed by atoms with Crippen LogP contribution in [-0.4, -0.2) is 6.10 Å². The molecule has 15 heavy (non-hydrogen) atoms. The fraction of sp³-hybridized carbons (Fsp3) is 0.231. The zero-order valence-corrected chi connectivity index (χ0v) is 9.43. The van der Waals surface area contributed by atoms with Crippen LogP contribution < -0.4 is 4.74 Å². The van der Waals surface area contributed by atoms with Gasteiger partial charge in [-0.25, -0.2) is 0 Å². The van der Waals surface area contributed by atoms with Crippen molar-refractivity contribution in [3.05, 3.63) is 41.4 Å². The van der Waals surface area contributed by atoms with Gasteiger partial charge in [0.05, 0.1) is 6.10 Å². The first-order valence-corrected chi connectivity index (χ1v) is 5.23. The van der Waals surface area contributed by atoms with E-state index in [1.54, 1.807) is 6.07 Å². The van der Waals surface area contributed by atoms with Gasteiger partial charge in [-0.3, -0.25) is 0 Å². The molecule has 0 saturated carbocycles. The predicted molar refractivity (Wildman–Crippen MR) is 62.4 cm³/mol. The first kappa shape index (κ1) is 10.3. The van der Waals surface area contributed by atoms with Crippen molar-refractivity contribution in [3.8, 4) is 5.75 Å². The van der Waals surface area contributed by atoms with Gasteiger partial charge in [0.15, 0.2) is 0 Å². The fourth-order valence-corrected chi connectivity index (χ4v) is 1.62. The van der Waals surface area contributed by atoms with E-state index in [9.17, 15) is 0 Å². The quantitative estimate of drug-likeness (QED) is 0.743. The van der Waals surface area contributed by atoms with Crippen LogP contribution in [-0.2, 0) is 0 Å². The molecular weight excluding hydrogens is 208 g/mol. The van der Waals surface area contributed by atoms with Crippen molar-refractivity contribution in [3.63, 3.8) is 0 Å². The monoisotopic (exact) mass is 218 g/mol. The van der Waals surface area contributed by atoms with Crippen molar-refractivity contribution in [2.45, 2.75) is 20.0 Å². The summed E-state index contributed by atoms with van der Waals surface area (Å²) in [6.07, 6.45) is 0.152. The molecule has 0 unspecified atom stereocenters. The van der Waals surface area contributed by atoms with Crippen LogP contribution in [0.3, 0.4) is 0 Å². The van der Waals surface area contributed by atoms with Crippen LogP contribution in [0.5, 0.6) is 5.75 Å². The maximum atomic E-state index is 5.90. The molecule has 2 aromatic carbocycles. The molecule has 0 bridgehead atoms. The van der Waals surface area contributed by atoms with Crippen LogP contribution in [0.1, 0.15) is 13.8 Å². The second-order valence-corrected chi connectivity index (χ2v) is 4.07. The summed E-state index contributed by atoms with van der Waals surface area (Å²) in [5, 5.41) is 2.65. The van der Waals surface area contributed by atoms with Crippen LogP contribution in [0.15, 0.2) is 24.3 Å². The highest BCUT2D eigenvalue weighted by Crippen LogP contribution is 2.27. The number of rotatable bonds is 2. The van der Waals surface area contributed by atoms with Gasteiger partial charge in [0.1, 0.15) is 5.75 Å². The molecule has 2 rings (SSSR count). The van der Waals surface area contributed by atoms with Gasteiger partial charge in [-0.15, -0.1) is 0 Å². The molecule has 2 heteroatoms. The van der Waals surface area contributed by atoms with E-state index in [4.69, 9.17) is 16.3 Å². The van der Waals surface area contributed by atoms with Crippen molar-refractivity contribution in [2.75, 3.05) is 0 Å². The second-order valence-electron chi connectivity index (χ2n) is 3.63. The van der Waals surface area contributed by atoms with Gasteiger partial charge in [0.2, 0.25) is 0 Å². The van der Waals surface area contributed by atoms with Gasteiger partial charge in [-0.1, -0.05) is 11.6 Å². The van der Waals surface area contributed by atoms with E-state index < -0.39 is 0 Å². The van der Waals surface area contributed by atoms with E-state index >= 15 is 0 Å². The highest BCUT2D eigenvalue weighted by atomic mass is 35.5. The largest absolute Gasteiger partial charge is 0.490 e. The van der Waals surface area contributed by atoms with Crippen molar-refractivity contribution in [1.82, 2.24) is 0 Å². The van der Waals surface area contributed by atoms with Crippen LogP contribution in [0.2, 0.25) is 5.02 Å². The summed E-state index contributed by atoms with van der Waals surface area (Å²) in [7, 11) is 0. The van der Waals surface area contributed by atoms with E-state index in [-0.39, 0.29) is 6.10 Å². The minimum atomic E-state index is 0.152. The molecule has 0 aliphatic heterocycles. The van der Waals surface area contributed by atoms with E-state index in [0.717, 1.165) is 16.5 Å². The van der Waals surface area contributed by atoms with Gasteiger partial charge in [0.25, 0.3) is 0 Å². The molecule has 0 heterocycles. The molecule has 0 amide bonds. The highest BCUT2D eigenvalue weighted by Gasteiger charge is 2.04. The number of hydrogen-bond acceptors (Lipinski definition) is 1. The lowest BCUT2D eigenvalue weighted by molar-refractivity contribution is 0.245. The molecule has 0 fully saturated rings. The Labute approximate surface area is 94.6 Å². The first-order valence-electron chi connectivity index (χ1n) is 4.85. The Balaban J connectivity index is 2.56. The molecule has 0 N–H and O–H groups in total. The van der Waals surface area contributed by atoms with Gasteiger partial charge in [-0.05, 0) is 55.6 Å². The van der Waals surface area contributed by atoms with E-state index in [0.29, 0.717) is 5.02 Å². The highest BCUT2D eigenvalue weighted by molar-refractivity contribution is 6.31. The van der Waals surface area contributed by atoms with Gasteiger partial charge < -0.3 is 4.74 Å². The molecular formula is C13H11ClO. The Kier molecular flexibility index (Phi) is 2.83. The molecule has 1 nitrogen and oxygen atoms in total. The number of halogens is 1. The van der Waals surface area contributed by atoms with Crippen LogP contribution in [0.4, 0.5) is 0 Å². The normalized spacial score (nSPS) is 10.9. The maximum Gasteiger partial charge on any atom is 0.128 e. The summed E-state index contributed by atoms with van der Waals surface area (Å²) < 4.78 is 5.67. The standard InChI is InChI=1S/C13H11ClO/c1-9(2)15-13-5-3-4-10-8-11(14)6-7-12(10)13/h5-9H,1-2H3. The lowest BCUT2D eigenvalue weighted by Gasteiger charge is -2.11. The number of hydrogen-bond donors (Lipinski definition) is 0. The lowest BCUT2D eigenvalue weighted by Crippen LogP contribution is -2.05. The SMILES string of the molecule is CC(C)Oc1c[c][c]c2cc(Cl)ccc12. The summed E-state index contributed by atoms with van der Waals surface area (Å²) in [6.45, 7) is 4.00. The molecule has 0 spiro atoms. The van der Waals surface area contributed by atoms with Gasteiger partial charge in [0, 0.05) is 10.4 Å². The molecule has 76 valence electrons. The lowest BCUT2D eigenvalue weighted by atomic mass is 10.1. The fourth-order valence-electron chi connectivity index (χ4n) is 1.44. The Morgan fingerprint density at radius 2 is 2.13 bits per heavy atom. The number of benzene rings is 2. The van der Waals surface area contributed by atoms with Crippen molar-refractivity contribution in [1.29, 1.82) is 0 Å². The zero-order chi connectivity index (χ0) is 10.8. The summed E-state index contributed by atoms with van der Waals surface area (Å²) in [5.41, 5.74) is 0. The second kappa shape index (κ2) is 4.11. The van der Waals surface area contributed by atoms with E-state index in [1.807, 2.05) is 32.0 Å². The number of ether oxygens (including phenoxy) is 1. The predicted octanol–water partition coefficient (Wildman–Crippen LogP) is 3.88. The third-order valence-corrected chi connectivity index (χ3v) is 2.25. The summed E-state index contributed by atoms with van der Waals surface area (Å²) in [6, 6.07) is 13.4. The van der Waals surface area contributed by atoms with Crippen molar-refractivity contribution < 1.29 is 4.74 Å². The molecule has 0 saturated heterocycles. The van der Waals surface area contributed by atoms with Gasteiger partial charge in [-0.2, -0.15) is 0 Å². The van der Waals surface area contributed by atoms with Crippen LogP contribution in [0, 0.1) is 12.1 Å². The van der Waals surface area contributed by atoms with Crippen molar-refractivity contribution in [2.24, 2.45) is 0 Å². The molecule has 0 aliphatic carbocycles. The maximum absolute atomic E-state index is 5.90. The smallest absolute Gasteiger partial charge is 0.128 e. The Morgan fingerprint density at radius 3 is 2.87 bits per heavy atom. The molecule has 2 aromatic rings. The average Bonchev–Trinajstić information content (AvgIpc) is 2.16. The first-order chi connectivity index (χ1) is 7.16. The molecule has 2 radical (unpaired) electrons. The summed E-state index contributed by atoms with van der Waals surface area (Å²) >= 11 is 5.90. The van der Waals surface area contributed by atoms with Gasteiger partial charge >= 0.3 is 0 Å². The van der Waals surface area contributed by atoms with Crippen LogP contribution >= 0.6 is 11.6 Å². The summed E-state index contributed by atoms with van der Waals surface area (Å²) in [5.74, 6) is 0.829. The summed E-state index contributed by atoms with van der Waals surface area (Å²) in [4.78, 5) is 0. The Bertz CT molecular complexity index is 477. The van der Waals surface area contributed by atoms with Crippen LogP contribution in [0.25, 0.3) is 10.8 Å². The zero-order valence-electron chi connectivity index (χ0n) is 8.67. The number of fused-ring (bicyclic) bond motifs is 1. The minimum absolute atomic E-state index is 0.152. The molecule has 0 aromatic heterocycles. The van der Waals surface area contributed by atoms with E-state index in [1.165, 1.54) is 0 Å². The van der Waals surface area contributed by atoms with E-state index in [2.05, 4.69) is 12.1 Å². The molecule has 0 atom stereocenters.